The van der Waals surface area contributed by atoms with Crippen LogP contribution in [0.3, 0.4) is 0 Å². The third kappa shape index (κ3) is 4.68. The zero-order valence-electron chi connectivity index (χ0n) is 25.8. The number of morpholine rings is 1. The Labute approximate surface area is 263 Å². The Hall–Kier alpha value is -3.41. The van der Waals surface area contributed by atoms with Gasteiger partial charge in [0.05, 0.1) is 30.4 Å². The molecule has 4 unspecified atom stereocenters. The normalized spacial score (nSPS) is 27.3. The zero-order chi connectivity index (χ0) is 31.1. The SMILES string of the molecule is CNS(=O)(=O)NC(=O)c1ccc2c(C3CCCCC3)c3n(c2c1)CC1(C(=O)N2CC4CCC(C2)O4)CC1c1cc(OC)ccc1-3. The fraction of sp³-hybridized carbons (Fsp3) is 0.529. The second-order valence-corrected chi connectivity index (χ2v) is 15.2. The molecule has 2 amide bonds. The van der Waals surface area contributed by atoms with Crippen LogP contribution in [0.4, 0.5) is 0 Å². The fourth-order valence-electron chi connectivity index (χ4n) is 8.75. The molecule has 4 fully saturated rings. The molecular weight excluding hydrogens is 592 g/mol. The number of likely N-dealkylation sites (tertiary alicyclic amines) is 1. The van der Waals surface area contributed by atoms with Crippen molar-refractivity contribution < 1.29 is 27.5 Å². The lowest BCUT2D eigenvalue weighted by molar-refractivity contribution is -0.146. The summed E-state index contributed by atoms with van der Waals surface area (Å²) in [6.07, 6.45) is 8.69. The Morgan fingerprint density at radius 2 is 1.76 bits per heavy atom. The molecule has 1 aromatic heterocycles. The number of fused-ring (bicyclic) bond motifs is 9. The molecule has 2 aromatic carbocycles. The minimum absolute atomic E-state index is 0.0528. The number of carbonyl (C=O) groups is 2. The lowest BCUT2D eigenvalue weighted by Gasteiger charge is -2.35. The Kier molecular flexibility index (Phi) is 6.82. The molecule has 3 aromatic rings. The van der Waals surface area contributed by atoms with Crippen LogP contribution >= 0.6 is 0 Å². The third-order valence-corrected chi connectivity index (χ3v) is 12.0. The number of carbonyl (C=O) groups excluding carboxylic acids is 2. The summed E-state index contributed by atoms with van der Waals surface area (Å²) in [5.41, 5.74) is 5.17. The summed E-state index contributed by atoms with van der Waals surface area (Å²) in [6.45, 7) is 1.76. The van der Waals surface area contributed by atoms with E-state index in [2.05, 4.69) is 26.1 Å². The Morgan fingerprint density at radius 1 is 1.00 bits per heavy atom. The first kappa shape index (κ1) is 29.0. The van der Waals surface area contributed by atoms with Crippen molar-refractivity contribution in [2.45, 2.75) is 82.0 Å². The summed E-state index contributed by atoms with van der Waals surface area (Å²) in [6, 6.07) is 11.8. The number of benzene rings is 2. The maximum Gasteiger partial charge on any atom is 0.301 e. The standard InChI is InChI=1S/C34H40N4O6S/c1-35-45(41,42)36-32(39)21-8-12-26-29(14-21)38-19-34(33(40)37-17-23-9-10-24(18-37)44-23)16-28(34)27-15-22(43-2)11-13-25(27)31(38)30(26)20-6-4-3-5-7-20/h8,11-15,20,23-24,28,35H,3-7,9-10,16-19H2,1-2H3,(H,36,39). The number of nitrogens with zero attached hydrogens (tertiary/aromatic N) is 2. The third-order valence-electron chi connectivity index (χ3n) is 11.0. The topological polar surface area (TPSA) is 119 Å². The summed E-state index contributed by atoms with van der Waals surface area (Å²) in [5.74, 6) is 0.674. The molecule has 2 aliphatic carbocycles. The van der Waals surface area contributed by atoms with Gasteiger partial charge in [-0.25, -0.2) is 9.44 Å². The van der Waals surface area contributed by atoms with Gasteiger partial charge in [-0.2, -0.15) is 8.42 Å². The first-order chi connectivity index (χ1) is 21.7. The molecule has 238 valence electrons. The van der Waals surface area contributed by atoms with Gasteiger partial charge in [0.15, 0.2) is 0 Å². The summed E-state index contributed by atoms with van der Waals surface area (Å²) in [4.78, 5) is 29.9. The van der Waals surface area contributed by atoms with Crippen LogP contribution in [0.15, 0.2) is 36.4 Å². The average molecular weight is 633 g/mol. The second-order valence-electron chi connectivity index (χ2n) is 13.6. The van der Waals surface area contributed by atoms with Gasteiger partial charge in [-0.3, -0.25) is 9.59 Å². The molecule has 10 nitrogen and oxygen atoms in total. The highest BCUT2D eigenvalue weighted by Crippen LogP contribution is 2.66. The van der Waals surface area contributed by atoms with Crippen LogP contribution in [0.2, 0.25) is 0 Å². The second kappa shape index (κ2) is 10.6. The molecular formula is C34H40N4O6S. The number of nitrogens with one attached hydrogen (secondary N) is 2. The van der Waals surface area contributed by atoms with Crippen LogP contribution in [-0.4, -0.2) is 69.2 Å². The van der Waals surface area contributed by atoms with Crippen LogP contribution in [-0.2, 0) is 26.3 Å². The van der Waals surface area contributed by atoms with Crippen molar-refractivity contribution in [2.75, 3.05) is 27.2 Å². The molecule has 11 heteroatoms. The van der Waals surface area contributed by atoms with Gasteiger partial charge in [0.2, 0.25) is 5.91 Å². The summed E-state index contributed by atoms with van der Waals surface area (Å²) < 4.78 is 42.7. The predicted molar refractivity (Wildman–Crippen MR) is 169 cm³/mol. The first-order valence-electron chi connectivity index (χ1n) is 16.3. The van der Waals surface area contributed by atoms with Crippen molar-refractivity contribution in [1.82, 2.24) is 18.9 Å². The quantitative estimate of drug-likeness (QED) is 0.415. The number of hydrogen-bond donors (Lipinski definition) is 2. The molecule has 4 heterocycles. The van der Waals surface area contributed by atoms with Gasteiger partial charge < -0.3 is 18.9 Å². The van der Waals surface area contributed by atoms with Gasteiger partial charge in [0.1, 0.15) is 5.75 Å². The molecule has 8 rings (SSSR count). The number of amides is 2. The van der Waals surface area contributed by atoms with Crippen molar-refractivity contribution >= 4 is 32.9 Å². The molecule has 2 bridgehead atoms. The summed E-state index contributed by atoms with van der Waals surface area (Å²) in [5, 5.41) is 1.07. The van der Waals surface area contributed by atoms with Gasteiger partial charge in [0.25, 0.3) is 5.91 Å². The van der Waals surface area contributed by atoms with Gasteiger partial charge in [0, 0.05) is 54.6 Å². The van der Waals surface area contributed by atoms with Crippen molar-refractivity contribution in [3.63, 3.8) is 0 Å². The molecule has 45 heavy (non-hydrogen) atoms. The predicted octanol–water partition coefficient (Wildman–Crippen LogP) is 4.44. The van der Waals surface area contributed by atoms with E-state index in [1.54, 1.807) is 13.2 Å². The van der Waals surface area contributed by atoms with E-state index in [4.69, 9.17) is 9.47 Å². The van der Waals surface area contributed by atoms with E-state index >= 15 is 0 Å². The van der Waals surface area contributed by atoms with E-state index < -0.39 is 21.5 Å². The van der Waals surface area contributed by atoms with Crippen molar-refractivity contribution in [2.24, 2.45) is 5.41 Å². The van der Waals surface area contributed by atoms with E-state index in [-0.39, 0.29) is 29.6 Å². The molecule has 2 saturated carbocycles. The molecule has 2 N–H and O–H groups in total. The van der Waals surface area contributed by atoms with Gasteiger partial charge in [-0.15, -0.1) is 0 Å². The number of rotatable bonds is 6. The largest absolute Gasteiger partial charge is 0.497 e. The Morgan fingerprint density at radius 3 is 2.47 bits per heavy atom. The minimum Gasteiger partial charge on any atom is -0.497 e. The Balaban J connectivity index is 1.32. The number of aromatic nitrogens is 1. The van der Waals surface area contributed by atoms with Gasteiger partial charge in [-0.1, -0.05) is 25.3 Å². The van der Waals surface area contributed by atoms with E-state index in [1.807, 2.05) is 23.1 Å². The lowest BCUT2D eigenvalue weighted by atomic mass is 9.81. The van der Waals surface area contributed by atoms with Crippen LogP contribution in [0.1, 0.15) is 84.7 Å². The van der Waals surface area contributed by atoms with E-state index in [9.17, 15) is 18.0 Å². The van der Waals surface area contributed by atoms with E-state index in [0.717, 1.165) is 65.6 Å². The molecule has 4 atom stereocenters. The van der Waals surface area contributed by atoms with Gasteiger partial charge >= 0.3 is 10.2 Å². The minimum atomic E-state index is -3.97. The maximum atomic E-state index is 14.7. The van der Waals surface area contributed by atoms with Crippen molar-refractivity contribution in [3.8, 4) is 17.0 Å². The van der Waals surface area contributed by atoms with Gasteiger partial charge in [-0.05, 0) is 79.5 Å². The zero-order valence-corrected chi connectivity index (χ0v) is 26.6. The molecule has 0 spiro atoms. The van der Waals surface area contributed by atoms with Crippen molar-refractivity contribution in [1.29, 1.82) is 0 Å². The fourth-order valence-corrected chi connectivity index (χ4v) is 9.21. The number of methoxy groups -OCH3 is 1. The highest BCUT2D eigenvalue weighted by atomic mass is 32.2. The molecule has 0 radical (unpaired) electrons. The molecule has 3 aliphatic heterocycles. The van der Waals surface area contributed by atoms with Crippen LogP contribution in [0.25, 0.3) is 22.2 Å². The van der Waals surface area contributed by atoms with Crippen LogP contribution in [0, 0.1) is 5.41 Å². The smallest absolute Gasteiger partial charge is 0.301 e. The highest BCUT2D eigenvalue weighted by Gasteiger charge is 2.64. The molecule has 5 aliphatic rings. The summed E-state index contributed by atoms with van der Waals surface area (Å²) in [7, 11) is -1.03. The lowest BCUT2D eigenvalue weighted by Crippen LogP contribution is -2.49. The molecule has 2 saturated heterocycles. The van der Waals surface area contributed by atoms with Crippen molar-refractivity contribution in [3.05, 3.63) is 53.1 Å². The maximum absolute atomic E-state index is 14.7. The monoisotopic (exact) mass is 632 g/mol. The summed E-state index contributed by atoms with van der Waals surface area (Å²) >= 11 is 0. The van der Waals surface area contributed by atoms with Crippen LogP contribution in [0.5, 0.6) is 5.75 Å². The van der Waals surface area contributed by atoms with E-state index in [0.29, 0.717) is 25.6 Å². The Bertz CT molecular complexity index is 1820. The highest BCUT2D eigenvalue weighted by molar-refractivity contribution is 7.88. The average Bonchev–Trinajstić information content (AvgIpc) is 3.60. The van der Waals surface area contributed by atoms with Crippen LogP contribution < -0.4 is 14.2 Å². The van der Waals surface area contributed by atoms with E-state index in [1.165, 1.54) is 31.9 Å². The first-order valence-corrected chi connectivity index (χ1v) is 17.7. The number of hydrogen-bond acceptors (Lipinski definition) is 6. The number of ether oxygens (including phenoxy) is 2.